The van der Waals surface area contributed by atoms with E-state index >= 15 is 0 Å². The molecule has 1 aromatic heterocycles. The molecule has 0 saturated carbocycles. The molecule has 0 bridgehead atoms. The van der Waals surface area contributed by atoms with Crippen molar-refractivity contribution in [3.63, 3.8) is 0 Å². The normalized spacial score (nSPS) is 14.2. The molecule has 1 heterocycles. The Labute approximate surface area is 143 Å². The molecule has 0 spiro atoms. The van der Waals surface area contributed by atoms with Gasteiger partial charge in [0.05, 0.1) is 18.7 Å². The van der Waals surface area contributed by atoms with Crippen molar-refractivity contribution in [3.05, 3.63) is 57.8 Å². The highest BCUT2D eigenvalue weighted by Gasteiger charge is 2.30. The van der Waals surface area contributed by atoms with Gasteiger partial charge in [-0.25, -0.2) is 0 Å². The lowest BCUT2D eigenvalue weighted by Crippen LogP contribution is -3.08. The van der Waals surface area contributed by atoms with Gasteiger partial charge in [0.1, 0.15) is 6.54 Å². The molecular formula is C17H20F3N2OS+. The van der Waals surface area contributed by atoms with Crippen molar-refractivity contribution in [3.8, 4) is 0 Å². The van der Waals surface area contributed by atoms with Crippen LogP contribution >= 0.6 is 11.3 Å². The fraction of sp³-hybridized carbons (Fsp3) is 0.353. The van der Waals surface area contributed by atoms with Crippen molar-refractivity contribution in [1.29, 1.82) is 0 Å². The molecule has 0 saturated heterocycles. The topological polar surface area (TPSA) is 33.5 Å². The molecule has 1 aromatic carbocycles. The third-order valence-corrected chi connectivity index (χ3v) is 4.65. The van der Waals surface area contributed by atoms with Crippen molar-refractivity contribution < 1.29 is 22.9 Å². The molecule has 24 heavy (non-hydrogen) atoms. The zero-order valence-corrected chi connectivity index (χ0v) is 14.3. The number of hydrogen-bond donors (Lipinski definition) is 2. The molecule has 0 aliphatic carbocycles. The smallest absolute Gasteiger partial charge is 0.344 e. The quantitative estimate of drug-likeness (QED) is 0.819. The summed E-state index contributed by atoms with van der Waals surface area (Å²) in [6.07, 6.45) is -4.32. The van der Waals surface area contributed by atoms with Crippen LogP contribution in [0.5, 0.6) is 0 Å². The van der Waals surface area contributed by atoms with Gasteiger partial charge < -0.3 is 10.2 Å². The van der Waals surface area contributed by atoms with E-state index in [0.717, 1.165) is 27.5 Å². The lowest BCUT2D eigenvalue weighted by molar-refractivity contribution is -0.885. The van der Waals surface area contributed by atoms with Gasteiger partial charge in [0.15, 0.2) is 6.54 Å². The number of likely N-dealkylation sites (N-methyl/N-ethyl adjacent to an activating group) is 1. The van der Waals surface area contributed by atoms with Crippen molar-refractivity contribution in [1.82, 2.24) is 5.32 Å². The first-order chi connectivity index (χ1) is 11.3. The second kappa shape index (κ2) is 7.81. The van der Waals surface area contributed by atoms with E-state index < -0.39 is 11.7 Å². The second-order valence-electron chi connectivity index (χ2n) is 5.81. The first-order valence-corrected chi connectivity index (χ1v) is 8.44. The van der Waals surface area contributed by atoms with Crippen LogP contribution in [0.1, 0.15) is 29.0 Å². The average molecular weight is 357 g/mol. The van der Waals surface area contributed by atoms with E-state index in [9.17, 15) is 18.0 Å². The molecule has 3 nitrogen and oxygen atoms in total. The van der Waals surface area contributed by atoms with Gasteiger partial charge in [-0.15, -0.1) is 11.3 Å². The third kappa shape index (κ3) is 5.35. The molecule has 0 aliphatic rings. The average Bonchev–Trinajstić information content (AvgIpc) is 3.00. The minimum atomic E-state index is -4.32. The molecule has 7 heteroatoms. The summed E-state index contributed by atoms with van der Waals surface area (Å²) in [5, 5.41) is 4.89. The van der Waals surface area contributed by atoms with Gasteiger partial charge in [0.2, 0.25) is 0 Å². The largest absolute Gasteiger partial charge is 0.416 e. The molecule has 2 rings (SSSR count). The van der Waals surface area contributed by atoms with Crippen molar-refractivity contribution in [2.24, 2.45) is 0 Å². The van der Waals surface area contributed by atoms with Crippen LogP contribution in [0.15, 0.2) is 41.8 Å². The number of carbonyl (C=O) groups is 1. The lowest BCUT2D eigenvalue weighted by atomic mass is 10.1. The SMILES string of the molecule is C[C@H](NC(=O)C[NH+](C)Cc1ccc(C(F)(F)F)cc1)c1cccs1. The van der Waals surface area contributed by atoms with Gasteiger partial charge in [-0.3, -0.25) is 4.79 Å². The Morgan fingerprint density at radius 1 is 1.25 bits per heavy atom. The zero-order valence-electron chi connectivity index (χ0n) is 13.5. The standard InChI is InChI=1S/C17H19F3N2OS/c1-12(15-4-3-9-24-15)21-16(23)11-22(2)10-13-5-7-14(8-6-13)17(18,19)20/h3-9,12H,10-11H2,1-2H3,(H,21,23)/p+1/t12-/m0/s1. The number of benzene rings is 1. The predicted octanol–water partition coefficient (Wildman–Crippen LogP) is 2.66. The number of rotatable bonds is 6. The zero-order chi connectivity index (χ0) is 17.7. The van der Waals surface area contributed by atoms with Crippen LogP contribution in [0.4, 0.5) is 13.2 Å². The molecule has 0 radical (unpaired) electrons. The molecule has 1 amide bonds. The monoisotopic (exact) mass is 357 g/mol. The van der Waals surface area contributed by atoms with E-state index in [4.69, 9.17) is 0 Å². The predicted molar refractivity (Wildman–Crippen MR) is 87.8 cm³/mol. The first kappa shape index (κ1) is 18.5. The van der Waals surface area contributed by atoms with Gasteiger partial charge in [0.25, 0.3) is 5.91 Å². The van der Waals surface area contributed by atoms with Crippen LogP contribution < -0.4 is 10.2 Å². The summed E-state index contributed by atoms with van der Waals surface area (Å²) in [5.74, 6) is -0.0830. The minimum Gasteiger partial charge on any atom is -0.344 e. The maximum Gasteiger partial charge on any atom is 0.416 e. The molecule has 2 N–H and O–H groups in total. The van der Waals surface area contributed by atoms with E-state index in [0.29, 0.717) is 6.54 Å². The van der Waals surface area contributed by atoms with Crippen LogP contribution in [-0.4, -0.2) is 19.5 Å². The van der Waals surface area contributed by atoms with Gasteiger partial charge in [-0.05, 0) is 30.5 Å². The van der Waals surface area contributed by atoms with Gasteiger partial charge in [-0.1, -0.05) is 18.2 Å². The van der Waals surface area contributed by atoms with E-state index in [-0.39, 0.29) is 18.5 Å². The summed E-state index contributed by atoms with van der Waals surface area (Å²) in [7, 11) is 1.84. The summed E-state index contributed by atoms with van der Waals surface area (Å²) in [4.78, 5) is 14.1. The summed E-state index contributed by atoms with van der Waals surface area (Å²) >= 11 is 1.58. The Morgan fingerprint density at radius 3 is 2.46 bits per heavy atom. The Balaban J connectivity index is 1.84. The van der Waals surface area contributed by atoms with Crippen molar-refractivity contribution >= 4 is 17.2 Å². The number of amides is 1. The molecule has 130 valence electrons. The summed E-state index contributed by atoms with van der Waals surface area (Å²) in [5.41, 5.74) is 0.103. The fourth-order valence-electron chi connectivity index (χ4n) is 2.40. The highest BCUT2D eigenvalue weighted by Crippen LogP contribution is 2.28. The number of halogens is 3. The van der Waals surface area contributed by atoms with Crippen LogP contribution in [-0.2, 0) is 17.5 Å². The summed E-state index contributed by atoms with van der Waals surface area (Å²) < 4.78 is 37.6. The second-order valence-corrected chi connectivity index (χ2v) is 6.79. The fourth-order valence-corrected chi connectivity index (χ4v) is 3.13. The molecule has 2 aromatic rings. The van der Waals surface area contributed by atoms with Gasteiger partial charge in [0, 0.05) is 10.4 Å². The molecular weight excluding hydrogens is 337 g/mol. The number of alkyl halides is 3. The van der Waals surface area contributed by atoms with E-state index in [1.54, 1.807) is 11.3 Å². The molecule has 2 atom stereocenters. The Hall–Kier alpha value is -1.86. The number of carbonyl (C=O) groups excluding carboxylic acids is 1. The highest BCUT2D eigenvalue weighted by molar-refractivity contribution is 7.10. The molecule has 0 aliphatic heterocycles. The number of thiophene rings is 1. The number of nitrogens with one attached hydrogen (secondary N) is 2. The summed E-state index contributed by atoms with van der Waals surface area (Å²) in [6, 6.07) is 8.91. The van der Waals surface area contributed by atoms with Gasteiger partial charge >= 0.3 is 6.18 Å². The van der Waals surface area contributed by atoms with Crippen LogP contribution in [0.2, 0.25) is 0 Å². The van der Waals surface area contributed by atoms with Gasteiger partial charge in [-0.2, -0.15) is 13.2 Å². The Kier molecular flexibility index (Phi) is 6.01. The van der Waals surface area contributed by atoms with Crippen molar-refractivity contribution in [2.45, 2.75) is 25.7 Å². The number of quaternary nitrogens is 1. The van der Waals surface area contributed by atoms with E-state index in [2.05, 4.69) is 5.32 Å². The maximum atomic E-state index is 12.5. The van der Waals surface area contributed by atoms with Crippen LogP contribution in [0.25, 0.3) is 0 Å². The van der Waals surface area contributed by atoms with Crippen molar-refractivity contribution in [2.75, 3.05) is 13.6 Å². The van der Waals surface area contributed by atoms with Crippen LogP contribution in [0.3, 0.4) is 0 Å². The third-order valence-electron chi connectivity index (χ3n) is 3.60. The maximum absolute atomic E-state index is 12.5. The van der Waals surface area contributed by atoms with Crippen LogP contribution in [0, 0.1) is 0 Å². The summed E-state index contributed by atoms with van der Waals surface area (Å²) in [6.45, 7) is 2.67. The molecule has 1 unspecified atom stereocenters. The van der Waals surface area contributed by atoms with E-state index in [1.165, 1.54) is 12.1 Å². The number of hydrogen-bond acceptors (Lipinski definition) is 2. The Morgan fingerprint density at radius 2 is 1.92 bits per heavy atom. The minimum absolute atomic E-state index is 0.0450. The first-order valence-electron chi connectivity index (χ1n) is 7.56. The Bertz CT molecular complexity index is 653. The molecule has 0 fully saturated rings. The van der Waals surface area contributed by atoms with E-state index in [1.807, 2.05) is 31.5 Å². The highest BCUT2D eigenvalue weighted by atomic mass is 32.1. The lowest BCUT2D eigenvalue weighted by Gasteiger charge is -2.17.